The maximum absolute atomic E-state index is 11.7. The van der Waals surface area contributed by atoms with Gasteiger partial charge in [-0.05, 0) is 49.9 Å². The van der Waals surface area contributed by atoms with Crippen LogP contribution in [0.15, 0.2) is 42.5 Å². The summed E-state index contributed by atoms with van der Waals surface area (Å²) in [6.45, 7) is 6.52. The highest BCUT2D eigenvalue weighted by Crippen LogP contribution is 2.40. The van der Waals surface area contributed by atoms with Crippen LogP contribution in [0.5, 0.6) is 5.75 Å². The SMILES string of the molecule is CCOC(=O)Nc1cccc(CN2c3cc(N4CCN(C)CC4)ccc3OC2O)c1. The second-order valence-corrected chi connectivity index (χ2v) is 7.56. The molecule has 0 bridgehead atoms. The van der Waals surface area contributed by atoms with Crippen LogP contribution in [0.1, 0.15) is 12.5 Å². The molecule has 0 spiro atoms. The molecule has 8 nitrogen and oxygen atoms in total. The third-order valence-electron chi connectivity index (χ3n) is 5.42. The van der Waals surface area contributed by atoms with Gasteiger partial charge in [0.15, 0.2) is 0 Å². The molecule has 2 aromatic rings. The maximum atomic E-state index is 11.7. The minimum absolute atomic E-state index is 0.315. The first kappa shape index (κ1) is 20.3. The van der Waals surface area contributed by atoms with Gasteiger partial charge in [0, 0.05) is 44.1 Å². The standard InChI is InChI=1S/C22H28N4O4/c1-3-29-21(27)23-17-6-4-5-16(13-17)15-26-19-14-18(7-8-20(19)30-22(26)28)25-11-9-24(2)10-12-25/h4-8,13-14,22,28H,3,9-12,15H2,1-2H3,(H,23,27). The minimum Gasteiger partial charge on any atom is -0.450 e. The van der Waals surface area contributed by atoms with E-state index in [4.69, 9.17) is 9.47 Å². The van der Waals surface area contributed by atoms with Crippen molar-refractivity contribution in [1.82, 2.24) is 4.90 Å². The van der Waals surface area contributed by atoms with E-state index in [0.29, 0.717) is 24.6 Å². The molecule has 2 N–H and O–H groups in total. The lowest BCUT2D eigenvalue weighted by atomic mass is 10.1. The molecule has 8 heteroatoms. The molecule has 2 heterocycles. The third-order valence-corrected chi connectivity index (χ3v) is 5.42. The molecule has 0 saturated carbocycles. The number of fused-ring (bicyclic) bond motifs is 1. The highest BCUT2D eigenvalue weighted by Gasteiger charge is 2.30. The summed E-state index contributed by atoms with van der Waals surface area (Å²) in [4.78, 5) is 18.2. The Hall–Kier alpha value is -2.97. The van der Waals surface area contributed by atoms with Crippen LogP contribution >= 0.6 is 0 Å². The Morgan fingerprint density at radius 3 is 2.77 bits per heavy atom. The van der Waals surface area contributed by atoms with Crippen molar-refractivity contribution >= 4 is 23.2 Å². The fourth-order valence-electron chi connectivity index (χ4n) is 3.78. The predicted octanol–water partition coefficient (Wildman–Crippen LogP) is 2.68. The number of nitrogens with one attached hydrogen (secondary N) is 1. The number of anilines is 3. The first-order valence-electron chi connectivity index (χ1n) is 10.2. The van der Waals surface area contributed by atoms with Gasteiger partial charge in [-0.1, -0.05) is 12.1 Å². The summed E-state index contributed by atoms with van der Waals surface area (Å²) in [7, 11) is 2.14. The van der Waals surface area contributed by atoms with Gasteiger partial charge in [0.2, 0.25) is 0 Å². The zero-order valence-electron chi connectivity index (χ0n) is 17.4. The lowest BCUT2D eigenvalue weighted by molar-refractivity contribution is -0.00376. The lowest BCUT2D eigenvalue weighted by Crippen LogP contribution is -2.44. The van der Waals surface area contributed by atoms with Gasteiger partial charge in [-0.3, -0.25) is 5.32 Å². The van der Waals surface area contributed by atoms with E-state index in [1.807, 2.05) is 35.2 Å². The summed E-state index contributed by atoms with van der Waals surface area (Å²) in [6, 6.07) is 13.5. The first-order valence-corrected chi connectivity index (χ1v) is 10.2. The van der Waals surface area contributed by atoms with E-state index in [-0.39, 0.29) is 0 Å². The molecule has 0 aliphatic carbocycles. The molecule has 0 radical (unpaired) electrons. The number of rotatable bonds is 5. The summed E-state index contributed by atoms with van der Waals surface area (Å²) >= 11 is 0. The van der Waals surface area contributed by atoms with Crippen LogP contribution < -0.4 is 19.9 Å². The lowest BCUT2D eigenvalue weighted by Gasteiger charge is -2.34. The third kappa shape index (κ3) is 4.44. The molecule has 1 amide bonds. The van der Waals surface area contributed by atoms with E-state index < -0.39 is 12.5 Å². The fourth-order valence-corrected chi connectivity index (χ4v) is 3.78. The molecule has 1 unspecified atom stereocenters. The van der Waals surface area contributed by atoms with Crippen molar-refractivity contribution in [3.63, 3.8) is 0 Å². The van der Waals surface area contributed by atoms with Crippen molar-refractivity contribution in [3.8, 4) is 5.75 Å². The zero-order valence-corrected chi connectivity index (χ0v) is 17.4. The predicted molar refractivity (Wildman–Crippen MR) is 116 cm³/mol. The van der Waals surface area contributed by atoms with E-state index in [2.05, 4.69) is 28.2 Å². The van der Waals surface area contributed by atoms with Crippen molar-refractivity contribution < 1.29 is 19.4 Å². The number of carbonyl (C=O) groups excluding carboxylic acids is 1. The molecule has 1 fully saturated rings. The number of nitrogens with zero attached hydrogens (tertiary/aromatic N) is 3. The van der Waals surface area contributed by atoms with Gasteiger partial charge in [-0.25, -0.2) is 4.79 Å². The van der Waals surface area contributed by atoms with Gasteiger partial charge in [0.25, 0.3) is 6.41 Å². The Morgan fingerprint density at radius 1 is 1.20 bits per heavy atom. The number of benzene rings is 2. The molecule has 2 aromatic carbocycles. The summed E-state index contributed by atoms with van der Waals surface area (Å²) in [5, 5.41) is 13.2. The van der Waals surface area contributed by atoms with Gasteiger partial charge in [0.1, 0.15) is 5.75 Å². The normalized spacial score (nSPS) is 18.7. The molecular weight excluding hydrogens is 384 g/mol. The average Bonchev–Trinajstić information content (AvgIpc) is 3.03. The second-order valence-electron chi connectivity index (χ2n) is 7.56. The van der Waals surface area contributed by atoms with Gasteiger partial charge in [-0.2, -0.15) is 0 Å². The van der Waals surface area contributed by atoms with Gasteiger partial charge in [0.05, 0.1) is 12.3 Å². The van der Waals surface area contributed by atoms with Crippen LogP contribution in [-0.2, 0) is 11.3 Å². The minimum atomic E-state index is -1.05. The number of likely N-dealkylation sites (N-methyl/N-ethyl adjacent to an activating group) is 1. The van der Waals surface area contributed by atoms with E-state index in [9.17, 15) is 9.90 Å². The van der Waals surface area contributed by atoms with E-state index in [1.54, 1.807) is 13.0 Å². The number of aliphatic hydroxyl groups excluding tert-OH is 1. The second kappa shape index (κ2) is 8.81. The number of hydrogen-bond acceptors (Lipinski definition) is 7. The zero-order chi connectivity index (χ0) is 21.1. The molecule has 1 atom stereocenters. The van der Waals surface area contributed by atoms with Crippen LogP contribution in [0.25, 0.3) is 0 Å². The molecular formula is C22H28N4O4. The summed E-state index contributed by atoms with van der Waals surface area (Å²) in [6.07, 6.45) is -1.54. The van der Waals surface area contributed by atoms with Gasteiger partial charge < -0.3 is 29.3 Å². The Morgan fingerprint density at radius 2 is 2.00 bits per heavy atom. The molecule has 1 saturated heterocycles. The summed E-state index contributed by atoms with van der Waals surface area (Å²) in [5.41, 5.74) is 3.57. The van der Waals surface area contributed by atoms with Crippen molar-refractivity contribution in [1.29, 1.82) is 0 Å². The maximum Gasteiger partial charge on any atom is 0.411 e. The Bertz CT molecular complexity index is 898. The van der Waals surface area contributed by atoms with E-state index in [1.165, 1.54) is 0 Å². The number of carbonyl (C=O) groups is 1. The Kier molecular flexibility index (Phi) is 5.96. The summed E-state index contributed by atoms with van der Waals surface area (Å²) < 4.78 is 10.6. The fraction of sp³-hybridized carbons (Fsp3) is 0.409. The summed E-state index contributed by atoms with van der Waals surface area (Å²) in [5.74, 6) is 0.668. The Balaban J connectivity index is 1.51. The molecule has 4 rings (SSSR count). The highest BCUT2D eigenvalue weighted by atomic mass is 16.6. The monoisotopic (exact) mass is 412 g/mol. The average molecular weight is 412 g/mol. The van der Waals surface area contributed by atoms with Crippen molar-refractivity contribution in [2.45, 2.75) is 19.9 Å². The number of amides is 1. The van der Waals surface area contributed by atoms with E-state index >= 15 is 0 Å². The number of aliphatic hydroxyl groups is 1. The van der Waals surface area contributed by atoms with E-state index in [0.717, 1.165) is 43.1 Å². The molecule has 2 aliphatic heterocycles. The van der Waals surface area contributed by atoms with Crippen LogP contribution in [0.2, 0.25) is 0 Å². The topological polar surface area (TPSA) is 77.5 Å². The smallest absolute Gasteiger partial charge is 0.411 e. The molecule has 2 aliphatic rings. The van der Waals surface area contributed by atoms with Crippen molar-refractivity contribution in [3.05, 3.63) is 48.0 Å². The quantitative estimate of drug-likeness (QED) is 0.782. The van der Waals surface area contributed by atoms with Crippen molar-refractivity contribution in [2.24, 2.45) is 0 Å². The van der Waals surface area contributed by atoms with Crippen LogP contribution in [0, 0.1) is 0 Å². The first-order chi connectivity index (χ1) is 14.5. The highest BCUT2D eigenvalue weighted by molar-refractivity contribution is 5.84. The van der Waals surface area contributed by atoms with Crippen molar-refractivity contribution in [2.75, 3.05) is 55.0 Å². The van der Waals surface area contributed by atoms with Crippen LogP contribution in [0.4, 0.5) is 21.9 Å². The Labute approximate surface area is 176 Å². The molecule has 160 valence electrons. The van der Waals surface area contributed by atoms with Crippen LogP contribution in [-0.4, -0.2) is 62.3 Å². The number of piperazine rings is 1. The molecule has 0 aromatic heterocycles. The van der Waals surface area contributed by atoms with Crippen LogP contribution in [0.3, 0.4) is 0 Å². The number of ether oxygens (including phenoxy) is 2. The number of hydrogen-bond donors (Lipinski definition) is 2. The van der Waals surface area contributed by atoms with Gasteiger partial charge in [-0.15, -0.1) is 0 Å². The largest absolute Gasteiger partial charge is 0.450 e. The van der Waals surface area contributed by atoms with Gasteiger partial charge >= 0.3 is 6.09 Å². The molecule has 30 heavy (non-hydrogen) atoms.